The molecule has 1 aromatic heterocycles. The topological polar surface area (TPSA) is 290 Å². The highest BCUT2D eigenvalue weighted by Gasteiger charge is 2.48. The minimum Gasteiger partial charge on any atom is -0.507 e. The Bertz CT molecular complexity index is 1820. The van der Waals surface area contributed by atoms with Crippen molar-refractivity contribution >= 4 is 16.9 Å². The first kappa shape index (κ1) is 36.7. The molecule has 278 valence electrons. The van der Waals surface area contributed by atoms with E-state index in [1.807, 2.05) is 0 Å². The van der Waals surface area contributed by atoms with E-state index >= 15 is 0 Å². The van der Waals surface area contributed by atoms with Gasteiger partial charge in [0.05, 0.1) is 23.8 Å². The third-order valence-electron chi connectivity index (χ3n) is 9.48. The first-order valence-electron chi connectivity index (χ1n) is 16.2. The van der Waals surface area contributed by atoms with E-state index in [1.54, 1.807) is 4.90 Å². The van der Waals surface area contributed by atoms with Crippen LogP contribution in [0.1, 0.15) is 25.3 Å². The lowest BCUT2D eigenvalue weighted by atomic mass is 9.98. The van der Waals surface area contributed by atoms with Crippen molar-refractivity contribution in [1.29, 1.82) is 0 Å². The van der Waals surface area contributed by atoms with Crippen molar-refractivity contribution in [2.24, 2.45) is 0 Å². The molecule has 2 aromatic carbocycles. The van der Waals surface area contributed by atoms with Crippen molar-refractivity contribution in [3.63, 3.8) is 0 Å². The highest BCUT2D eigenvalue weighted by Crippen LogP contribution is 2.42. The minimum atomic E-state index is -2.01. The molecule has 10 unspecified atom stereocenters. The van der Waals surface area contributed by atoms with Crippen LogP contribution in [0.5, 0.6) is 23.0 Å². The molecule has 18 heteroatoms. The molecule has 0 amide bonds. The second kappa shape index (κ2) is 14.5. The maximum absolute atomic E-state index is 14.2. The normalized spacial score (nSPS) is 33.0. The van der Waals surface area contributed by atoms with Gasteiger partial charge in [-0.3, -0.25) is 14.5 Å². The number of aromatic hydroxyl groups is 3. The Morgan fingerprint density at radius 3 is 2.27 bits per heavy atom. The maximum atomic E-state index is 14.2. The monoisotopic (exact) mass is 721 g/mol. The molecule has 10 N–H and O–H groups in total. The number of fused-ring (bicyclic) bond motifs is 1. The summed E-state index contributed by atoms with van der Waals surface area (Å²) >= 11 is 0. The van der Waals surface area contributed by atoms with Crippen LogP contribution >= 0.6 is 0 Å². The zero-order chi connectivity index (χ0) is 36.9. The van der Waals surface area contributed by atoms with Crippen LogP contribution in [0.25, 0.3) is 22.3 Å². The highest BCUT2D eigenvalue weighted by molar-refractivity contribution is 5.91. The SMILES string of the molecule is CC1OC(OCC2OC(Oc3c(-c4ccccc4O)oc4c(CN5CCC[C@H]5C(=O)O)c(O)cc(O)c4c3=O)C(O)C(O)C2O)C(O)C(O)C1O. The number of ether oxygens (including phenoxy) is 4. The van der Waals surface area contributed by atoms with Crippen LogP contribution in [0.3, 0.4) is 0 Å². The Hall–Kier alpha value is -4.08. The summed E-state index contributed by atoms with van der Waals surface area (Å²) in [5, 5.41) is 104. The van der Waals surface area contributed by atoms with Crippen LogP contribution < -0.4 is 10.2 Å². The molecule has 51 heavy (non-hydrogen) atoms. The van der Waals surface area contributed by atoms with Gasteiger partial charge < -0.3 is 74.4 Å². The fourth-order valence-electron chi connectivity index (χ4n) is 6.58. The van der Waals surface area contributed by atoms with E-state index in [9.17, 15) is 60.7 Å². The summed E-state index contributed by atoms with van der Waals surface area (Å²) in [6, 6.07) is 5.57. The van der Waals surface area contributed by atoms with E-state index in [2.05, 4.69) is 0 Å². The Morgan fingerprint density at radius 2 is 1.57 bits per heavy atom. The molecule has 3 saturated heterocycles. The number of likely N-dealkylation sites (tertiary alicyclic amines) is 1. The number of benzene rings is 2. The van der Waals surface area contributed by atoms with Gasteiger partial charge in [0.25, 0.3) is 0 Å². The molecule has 11 atom stereocenters. The Kier molecular flexibility index (Phi) is 10.4. The lowest BCUT2D eigenvalue weighted by molar-refractivity contribution is -0.318. The summed E-state index contributed by atoms with van der Waals surface area (Å²) in [6.45, 7) is 0.940. The van der Waals surface area contributed by atoms with Gasteiger partial charge in [0, 0.05) is 12.6 Å². The first-order valence-corrected chi connectivity index (χ1v) is 16.2. The van der Waals surface area contributed by atoms with Gasteiger partial charge in [-0.2, -0.15) is 0 Å². The molecule has 3 aliphatic rings. The number of aliphatic hydroxyl groups excluding tert-OH is 6. The van der Waals surface area contributed by atoms with Gasteiger partial charge in [-0.15, -0.1) is 0 Å². The van der Waals surface area contributed by atoms with E-state index in [0.717, 1.165) is 6.07 Å². The van der Waals surface area contributed by atoms with Crippen LogP contribution in [-0.2, 0) is 25.5 Å². The number of hydrogen-bond acceptors (Lipinski definition) is 17. The molecular weight excluding hydrogens is 682 g/mol. The van der Waals surface area contributed by atoms with Gasteiger partial charge in [0.1, 0.15) is 71.4 Å². The lowest BCUT2D eigenvalue weighted by Gasteiger charge is -2.42. The lowest BCUT2D eigenvalue weighted by Crippen LogP contribution is -2.61. The number of carboxylic acids is 1. The van der Waals surface area contributed by atoms with E-state index in [-0.39, 0.29) is 23.3 Å². The van der Waals surface area contributed by atoms with Crippen molar-refractivity contribution in [2.75, 3.05) is 13.2 Å². The molecule has 18 nitrogen and oxygen atoms in total. The van der Waals surface area contributed by atoms with E-state index in [0.29, 0.717) is 19.4 Å². The zero-order valence-corrected chi connectivity index (χ0v) is 27.1. The van der Waals surface area contributed by atoms with Crippen molar-refractivity contribution in [3.8, 4) is 34.3 Å². The smallest absolute Gasteiger partial charge is 0.320 e. The molecule has 3 aliphatic heterocycles. The van der Waals surface area contributed by atoms with E-state index in [4.69, 9.17) is 23.4 Å². The molecule has 3 fully saturated rings. The molecule has 3 aromatic rings. The Balaban J connectivity index is 1.38. The summed E-state index contributed by atoms with van der Waals surface area (Å²) < 4.78 is 28.5. The van der Waals surface area contributed by atoms with E-state index < -0.39 is 120 Å². The van der Waals surface area contributed by atoms with Gasteiger partial charge in [0.2, 0.25) is 17.5 Å². The average Bonchev–Trinajstić information content (AvgIpc) is 3.57. The number of aliphatic carboxylic acids is 1. The van der Waals surface area contributed by atoms with Crippen LogP contribution in [-0.4, -0.2) is 143 Å². The number of para-hydroxylation sites is 1. The van der Waals surface area contributed by atoms with Gasteiger partial charge >= 0.3 is 5.97 Å². The first-order chi connectivity index (χ1) is 24.2. The van der Waals surface area contributed by atoms with Crippen molar-refractivity contribution < 1.29 is 79.2 Å². The number of nitrogens with zero attached hydrogens (tertiary/aromatic N) is 1. The molecule has 0 aliphatic carbocycles. The average molecular weight is 722 g/mol. The molecular formula is C33H39NO17. The Morgan fingerprint density at radius 1 is 0.882 bits per heavy atom. The van der Waals surface area contributed by atoms with Crippen molar-refractivity contribution in [2.45, 2.75) is 93.8 Å². The number of carboxylic acid groups (broad SMARTS) is 1. The molecule has 0 radical (unpaired) electrons. The summed E-state index contributed by atoms with van der Waals surface area (Å²) in [7, 11) is 0. The molecule has 6 rings (SSSR count). The predicted molar refractivity (Wildman–Crippen MR) is 170 cm³/mol. The number of aliphatic hydroxyl groups is 6. The molecule has 0 spiro atoms. The summed E-state index contributed by atoms with van der Waals surface area (Å²) in [5.74, 6) is -3.93. The van der Waals surface area contributed by atoms with Crippen LogP contribution in [0.2, 0.25) is 0 Å². The predicted octanol–water partition coefficient (Wildman–Crippen LogP) is -1.34. The van der Waals surface area contributed by atoms with Crippen LogP contribution in [0, 0.1) is 0 Å². The standard InChI is InChI=1S/C33H39NO17/c1-12-21(38)24(41)26(43)32(48-12)47-11-19-22(39)25(42)27(44)33(49-19)51-30-23(40)20-18(37)9-17(36)14(10-34-8-4-6-15(34)31(45)46)28(20)50-29(30)13-5-2-3-7-16(13)35/h2-3,5,7,9,12,15,19,21-22,24-27,32-33,35-39,41-44H,4,6,8,10-11H2,1H3,(H,45,46)/t12?,15-,19?,21?,22?,24?,25?,26?,27?,32?,33?/m0/s1. The summed E-state index contributed by atoms with van der Waals surface area (Å²) in [4.78, 5) is 27.6. The number of phenols is 3. The van der Waals surface area contributed by atoms with Crippen LogP contribution in [0.15, 0.2) is 39.5 Å². The quantitative estimate of drug-likeness (QED) is 0.122. The van der Waals surface area contributed by atoms with Crippen molar-refractivity contribution in [1.82, 2.24) is 4.90 Å². The second-order valence-electron chi connectivity index (χ2n) is 12.8. The highest BCUT2D eigenvalue weighted by atomic mass is 16.7. The third-order valence-corrected chi connectivity index (χ3v) is 9.48. The fraction of sp³-hybridized carbons (Fsp3) is 0.515. The molecule has 0 saturated carbocycles. The summed E-state index contributed by atoms with van der Waals surface area (Å²) in [5.41, 5.74) is -1.58. The van der Waals surface area contributed by atoms with E-state index in [1.165, 1.54) is 31.2 Å². The number of hydrogen-bond donors (Lipinski definition) is 10. The second-order valence-corrected chi connectivity index (χ2v) is 12.8. The van der Waals surface area contributed by atoms with Crippen LogP contribution in [0.4, 0.5) is 0 Å². The zero-order valence-electron chi connectivity index (χ0n) is 27.1. The number of rotatable bonds is 9. The van der Waals surface area contributed by atoms with Gasteiger partial charge in [-0.1, -0.05) is 12.1 Å². The fourth-order valence-corrected chi connectivity index (χ4v) is 6.58. The maximum Gasteiger partial charge on any atom is 0.320 e. The largest absolute Gasteiger partial charge is 0.507 e. The van der Waals surface area contributed by atoms with Gasteiger partial charge in [0.15, 0.2) is 17.6 Å². The minimum absolute atomic E-state index is 0.0416. The van der Waals surface area contributed by atoms with Crippen molar-refractivity contribution in [3.05, 3.63) is 46.1 Å². The number of carbonyl (C=O) groups is 1. The third kappa shape index (κ3) is 6.83. The molecule has 0 bridgehead atoms. The Labute approximate surface area is 288 Å². The molecule has 4 heterocycles. The summed E-state index contributed by atoms with van der Waals surface area (Å²) in [6.07, 6.45) is -15.6. The number of phenolic OH excluding ortho intramolecular Hbond substituents is 3. The van der Waals surface area contributed by atoms with Gasteiger partial charge in [-0.05, 0) is 38.4 Å². The van der Waals surface area contributed by atoms with Gasteiger partial charge in [-0.25, -0.2) is 0 Å².